The van der Waals surface area contributed by atoms with Gasteiger partial charge in [0.05, 0.1) is 19.1 Å². The Balaban J connectivity index is 1.81. The molecule has 2 N–H and O–H groups in total. The van der Waals surface area contributed by atoms with Crippen molar-refractivity contribution in [3.8, 4) is 5.75 Å². The summed E-state index contributed by atoms with van der Waals surface area (Å²) in [5.41, 5.74) is 1.57. The number of rotatable bonds is 7. The SMILES string of the molecule is CC(=O)Nc1cccc([C@@H](C)NC(=O)CCOc2ccc(F)cc2)c1. The Kier molecular flexibility index (Phi) is 6.51. The average molecular weight is 344 g/mol. The fourth-order valence-corrected chi connectivity index (χ4v) is 2.28. The number of halogens is 1. The van der Waals surface area contributed by atoms with Crippen LogP contribution in [0.5, 0.6) is 5.75 Å². The molecule has 0 saturated heterocycles. The first-order valence-corrected chi connectivity index (χ1v) is 7.99. The Morgan fingerprint density at radius 2 is 1.88 bits per heavy atom. The van der Waals surface area contributed by atoms with Crippen molar-refractivity contribution in [3.63, 3.8) is 0 Å². The number of benzene rings is 2. The zero-order valence-corrected chi connectivity index (χ0v) is 14.2. The summed E-state index contributed by atoms with van der Waals surface area (Å²) >= 11 is 0. The lowest BCUT2D eigenvalue weighted by atomic mass is 10.1. The van der Waals surface area contributed by atoms with Crippen molar-refractivity contribution in [2.45, 2.75) is 26.3 Å². The number of hydrogen-bond acceptors (Lipinski definition) is 3. The molecule has 2 aromatic rings. The van der Waals surface area contributed by atoms with E-state index in [1.807, 2.05) is 25.1 Å². The van der Waals surface area contributed by atoms with Gasteiger partial charge in [0.25, 0.3) is 0 Å². The summed E-state index contributed by atoms with van der Waals surface area (Å²) in [5, 5.41) is 5.59. The van der Waals surface area contributed by atoms with E-state index in [1.165, 1.54) is 31.2 Å². The molecule has 0 fully saturated rings. The molecule has 0 unspecified atom stereocenters. The van der Waals surface area contributed by atoms with E-state index < -0.39 is 0 Å². The average Bonchev–Trinajstić information content (AvgIpc) is 2.56. The summed E-state index contributed by atoms with van der Waals surface area (Å²) in [6.45, 7) is 3.51. The summed E-state index contributed by atoms with van der Waals surface area (Å²) in [4.78, 5) is 23.1. The van der Waals surface area contributed by atoms with Gasteiger partial charge in [-0.15, -0.1) is 0 Å². The molecule has 2 amide bonds. The monoisotopic (exact) mass is 344 g/mol. The third-order valence-corrected chi connectivity index (χ3v) is 3.50. The summed E-state index contributed by atoms with van der Waals surface area (Å²) < 4.78 is 18.2. The van der Waals surface area contributed by atoms with Crippen LogP contribution in [0.1, 0.15) is 31.9 Å². The van der Waals surface area contributed by atoms with Crippen LogP contribution in [0.4, 0.5) is 10.1 Å². The van der Waals surface area contributed by atoms with Crippen molar-refractivity contribution in [2.75, 3.05) is 11.9 Å². The van der Waals surface area contributed by atoms with Crippen LogP contribution in [0.15, 0.2) is 48.5 Å². The van der Waals surface area contributed by atoms with Crippen molar-refractivity contribution < 1.29 is 18.7 Å². The first-order valence-electron chi connectivity index (χ1n) is 7.99. The van der Waals surface area contributed by atoms with Crippen molar-refractivity contribution >= 4 is 17.5 Å². The van der Waals surface area contributed by atoms with E-state index in [1.54, 1.807) is 6.07 Å². The van der Waals surface area contributed by atoms with Crippen LogP contribution in [0, 0.1) is 5.82 Å². The third-order valence-electron chi connectivity index (χ3n) is 3.50. The second-order valence-corrected chi connectivity index (χ2v) is 5.65. The molecule has 2 aromatic carbocycles. The molecule has 6 heteroatoms. The molecule has 132 valence electrons. The Hall–Kier alpha value is -2.89. The largest absolute Gasteiger partial charge is 0.493 e. The molecule has 5 nitrogen and oxygen atoms in total. The quantitative estimate of drug-likeness (QED) is 0.809. The Morgan fingerprint density at radius 1 is 1.16 bits per heavy atom. The summed E-state index contributed by atoms with van der Waals surface area (Å²) in [6.07, 6.45) is 0.188. The van der Waals surface area contributed by atoms with E-state index in [0.717, 1.165) is 5.56 Å². The molecule has 0 aromatic heterocycles. The van der Waals surface area contributed by atoms with E-state index in [2.05, 4.69) is 10.6 Å². The first kappa shape index (κ1) is 18.4. The highest BCUT2D eigenvalue weighted by Gasteiger charge is 2.10. The minimum atomic E-state index is -0.333. The number of anilines is 1. The van der Waals surface area contributed by atoms with Gasteiger partial charge in [0.15, 0.2) is 0 Å². The molecule has 0 radical (unpaired) electrons. The highest BCUT2D eigenvalue weighted by atomic mass is 19.1. The van der Waals surface area contributed by atoms with Gasteiger partial charge in [-0.1, -0.05) is 12.1 Å². The first-order chi connectivity index (χ1) is 11.9. The van der Waals surface area contributed by atoms with Crippen molar-refractivity contribution in [1.29, 1.82) is 0 Å². The summed E-state index contributed by atoms with van der Waals surface area (Å²) in [6, 6.07) is 12.8. The molecule has 1 atom stereocenters. The van der Waals surface area contributed by atoms with Crippen LogP contribution in [0.2, 0.25) is 0 Å². The number of amides is 2. The van der Waals surface area contributed by atoms with Crippen LogP contribution in [-0.4, -0.2) is 18.4 Å². The summed E-state index contributed by atoms with van der Waals surface area (Å²) in [7, 11) is 0. The Labute approximate surface area is 146 Å². The standard InChI is InChI=1S/C19H21FN2O3/c1-13(15-4-3-5-17(12-15)22-14(2)23)21-19(24)10-11-25-18-8-6-16(20)7-9-18/h3-9,12-13H,10-11H2,1-2H3,(H,21,24)(H,22,23)/t13-/m1/s1. The number of carbonyl (C=O) groups is 2. The van der Waals surface area contributed by atoms with Crippen LogP contribution >= 0.6 is 0 Å². The van der Waals surface area contributed by atoms with E-state index in [0.29, 0.717) is 11.4 Å². The fourth-order valence-electron chi connectivity index (χ4n) is 2.28. The lowest BCUT2D eigenvalue weighted by Crippen LogP contribution is -2.27. The lowest BCUT2D eigenvalue weighted by molar-refractivity contribution is -0.122. The van der Waals surface area contributed by atoms with Crippen LogP contribution in [0.3, 0.4) is 0 Å². The molecular weight excluding hydrogens is 323 g/mol. The normalized spacial score (nSPS) is 11.5. The fraction of sp³-hybridized carbons (Fsp3) is 0.263. The second kappa shape index (κ2) is 8.82. The third kappa shape index (κ3) is 6.25. The maximum Gasteiger partial charge on any atom is 0.223 e. The molecular formula is C19H21FN2O3. The van der Waals surface area contributed by atoms with Gasteiger partial charge >= 0.3 is 0 Å². The van der Waals surface area contributed by atoms with E-state index in [4.69, 9.17) is 4.74 Å². The molecule has 2 rings (SSSR count). The maximum absolute atomic E-state index is 12.8. The van der Waals surface area contributed by atoms with Gasteiger partial charge in [0, 0.05) is 12.6 Å². The molecule has 0 aliphatic rings. The molecule has 0 bridgehead atoms. The van der Waals surface area contributed by atoms with Gasteiger partial charge < -0.3 is 15.4 Å². The summed E-state index contributed by atoms with van der Waals surface area (Å²) in [5.74, 6) is -0.114. The Bertz CT molecular complexity index is 732. The molecule has 0 aliphatic heterocycles. The van der Waals surface area contributed by atoms with Gasteiger partial charge in [-0.3, -0.25) is 9.59 Å². The minimum Gasteiger partial charge on any atom is -0.493 e. The maximum atomic E-state index is 12.8. The van der Waals surface area contributed by atoms with Crippen LogP contribution in [-0.2, 0) is 9.59 Å². The predicted molar refractivity (Wildman–Crippen MR) is 93.8 cm³/mol. The van der Waals surface area contributed by atoms with Crippen molar-refractivity contribution in [2.24, 2.45) is 0 Å². The van der Waals surface area contributed by atoms with E-state index in [9.17, 15) is 14.0 Å². The zero-order chi connectivity index (χ0) is 18.2. The molecule has 0 saturated carbocycles. The van der Waals surface area contributed by atoms with Crippen LogP contribution in [0.25, 0.3) is 0 Å². The molecule has 0 spiro atoms. The van der Waals surface area contributed by atoms with Crippen molar-refractivity contribution in [3.05, 3.63) is 59.9 Å². The molecule has 0 aliphatic carbocycles. The molecule has 0 heterocycles. The lowest BCUT2D eigenvalue weighted by Gasteiger charge is -2.15. The number of hydrogen-bond donors (Lipinski definition) is 2. The van der Waals surface area contributed by atoms with Crippen molar-refractivity contribution in [1.82, 2.24) is 5.32 Å². The number of ether oxygens (including phenoxy) is 1. The van der Waals surface area contributed by atoms with Gasteiger partial charge in [-0.25, -0.2) is 4.39 Å². The van der Waals surface area contributed by atoms with Gasteiger partial charge in [-0.2, -0.15) is 0 Å². The van der Waals surface area contributed by atoms with Gasteiger partial charge in [0.1, 0.15) is 11.6 Å². The second-order valence-electron chi connectivity index (χ2n) is 5.65. The van der Waals surface area contributed by atoms with Crippen LogP contribution < -0.4 is 15.4 Å². The van der Waals surface area contributed by atoms with Gasteiger partial charge in [-0.05, 0) is 48.9 Å². The van der Waals surface area contributed by atoms with E-state index >= 15 is 0 Å². The highest BCUT2D eigenvalue weighted by molar-refractivity contribution is 5.88. The number of carbonyl (C=O) groups excluding carboxylic acids is 2. The van der Waals surface area contributed by atoms with E-state index in [-0.39, 0.29) is 36.7 Å². The highest BCUT2D eigenvalue weighted by Crippen LogP contribution is 2.17. The molecule has 25 heavy (non-hydrogen) atoms. The topological polar surface area (TPSA) is 67.4 Å². The zero-order valence-electron chi connectivity index (χ0n) is 14.2. The number of nitrogens with one attached hydrogen (secondary N) is 2. The smallest absolute Gasteiger partial charge is 0.223 e. The predicted octanol–water partition coefficient (Wildman–Crippen LogP) is 3.43. The minimum absolute atomic E-state index is 0.146. The Morgan fingerprint density at radius 3 is 2.56 bits per heavy atom. The van der Waals surface area contributed by atoms with Gasteiger partial charge in [0.2, 0.25) is 11.8 Å².